The maximum atomic E-state index is 13.2. The SMILES string of the molecule is Cc1ccc(F)cc1CNC(C)Cc1ccccc1Cl. The van der Waals surface area contributed by atoms with Crippen LogP contribution in [-0.2, 0) is 13.0 Å². The Bertz CT molecular complexity index is 583. The van der Waals surface area contributed by atoms with Crippen LogP contribution in [0, 0.1) is 12.7 Å². The highest BCUT2D eigenvalue weighted by Gasteiger charge is 2.07. The molecule has 0 heterocycles. The molecule has 2 aromatic carbocycles. The summed E-state index contributed by atoms with van der Waals surface area (Å²) in [5, 5.41) is 4.21. The fourth-order valence-electron chi connectivity index (χ4n) is 2.18. The van der Waals surface area contributed by atoms with Gasteiger partial charge in [-0.15, -0.1) is 0 Å². The molecule has 0 saturated heterocycles. The first-order chi connectivity index (χ1) is 9.56. The highest BCUT2D eigenvalue weighted by molar-refractivity contribution is 6.31. The predicted octanol–water partition coefficient (Wildman–Crippen LogP) is 4.51. The van der Waals surface area contributed by atoms with E-state index in [4.69, 9.17) is 11.6 Å². The standard InChI is InChI=1S/C17H19ClFN/c1-12-7-8-16(19)10-15(12)11-20-13(2)9-14-5-3-4-6-17(14)18/h3-8,10,13,20H,9,11H2,1-2H3. The monoisotopic (exact) mass is 291 g/mol. The molecule has 0 aliphatic carbocycles. The zero-order chi connectivity index (χ0) is 14.5. The lowest BCUT2D eigenvalue weighted by atomic mass is 10.1. The van der Waals surface area contributed by atoms with E-state index in [0.29, 0.717) is 6.54 Å². The summed E-state index contributed by atoms with van der Waals surface area (Å²) >= 11 is 6.15. The van der Waals surface area contributed by atoms with Crippen molar-refractivity contribution in [1.82, 2.24) is 5.32 Å². The average molecular weight is 292 g/mol. The highest BCUT2D eigenvalue weighted by Crippen LogP contribution is 2.17. The van der Waals surface area contributed by atoms with Gasteiger partial charge >= 0.3 is 0 Å². The number of aryl methyl sites for hydroxylation is 1. The third-order valence-electron chi connectivity index (χ3n) is 3.44. The van der Waals surface area contributed by atoms with Crippen molar-refractivity contribution in [3.63, 3.8) is 0 Å². The van der Waals surface area contributed by atoms with Crippen molar-refractivity contribution >= 4 is 11.6 Å². The van der Waals surface area contributed by atoms with Crippen molar-refractivity contribution in [1.29, 1.82) is 0 Å². The van der Waals surface area contributed by atoms with Gasteiger partial charge in [0.2, 0.25) is 0 Å². The second-order valence-electron chi connectivity index (χ2n) is 5.15. The molecular formula is C17H19ClFN. The van der Waals surface area contributed by atoms with Gasteiger partial charge in [-0.05, 0) is 55.2 Å². The molecule has 106 valence electrons. The molecule has 0 saturated carbocycles. The molecule has 0 fully saturated rings. The summed E-state index contributed by atoms with van der Waals surface area (Å²) < 4.78 is 13.2. The lowest BCUT2D eigenvalue weighted by Gasteiger charge is -2.16. The first kappa shape index (κ1) is 15.0. The Hall–Kier alpha value is -1.38. The predicted molar refractivity (Wildman–Crippen MR) is 82.6 cm³/mol. The van der Waals surface area contributed by atoms with E-state index in [1.165, 1.54) is 6.07 Å². The molecule has 2 rings (SSSR count). The Morgan fingerprint density at radius 1 is 1.15 bits per heavy atom. The zero-order valence-corrected chi connectivity index (χ0v) is 12.5. The van der Waals surface area contributed by atoms with Crippen molar-refractivity contribution in [3.8, 4) is 0 Å². The summed E-state index contributed by atoms with van der Waals surface area (Å²) in [4.78, 5) is 0. The van der Waals surface area contributed by atoms with Crippen molar-refractivity contribution in [2.75, 3.05) is 0 Å². The smallest absolute Gasteiger partial charge is 0.123 e. The maximum absolute atomic E-state index is 13.2. The van der Waals surface area contributed by atoms with Gasteiger partial charge in [0.1, 0.15) is 5.82 Å². The molecule has 0 spiro atoms. The largest absolute Gasteiger partial charge is 0.310 e. The van der Waals surface area contributed by atoms with Crippen LogP contribution in [0.2, 0.25) is 5.02 Å². The molecule has 0 bridgehead atoms. The third kappa shape index (κ3) is 4.06. The quantitative estimate of drug-likeness (QED) is 0.855. The van der Waals surface area contributed by atoms with Crippen LogP contribution in [-0.4, -0.2) is 6.04 Å². The number of halogens is 2. The number of nitrogens with one attached hydrogen (secondary N) is 1. The Kier molecular flexibility index (Phi) is 5.16. The van der Waals surface area contributed by atoms with Gasteiger partial charge in [-0.3, -0.25) is 0 Å². The molecule has 1 N–H and O–H groups in total. The molecule has 0 amide bonds. The molecule has 1 unspecified atom stereocenters. The molecule has 0 aromatic heterocycles. The van der Waals surface area contributed by atoms with Crippen LogP contribution in [0.25, 0.3) is 0 Å². The normalized spacial score (nSPS) is 12.4. The summed E-state index contributed by atoms with van der Waals surface area (Å²) in [6.07, 6.45) is 0.855. The van der Waals surface area contributed by atoms with Gasteiger partial charge in [0.05, 0.1) is 0 Å². The van der Waals surface area contributed by atoms with Crippen LogP contribution in [0.15, 0.2) is 42.5 Å². The van der Waals surface area contributed by atoms with Crippen LogP contribution >= 0.6 is 11.6 Å². The number of rotatable bonds is 5. The van der Waals surface area contributed by atoms with Gasteiger partial charge in [0.25, 0.3) is 0 Å². The van der Waals surface area contributed by atoms with Crippen LogP contribution in [0.4, 0.5) is 4.39 Å². The van der Waals surface area contributed by atoms with E-state index in [1.54, 1.807) is 6.07 Å². The Labute approximate surface area is 124 Å². The molecule has 1 nitrogen and oxygen atoms in total. The van der Waals surface area contributed by atoms with E-state index in [2.05, 4.69) is 12.2 Å². The van der Waals surface area contributed by atoms with Crippen molar-refractivity contribution in [2.24, 2.45) is 0 Å². The molecule has 0 aliphatic rings. The number of benzene rings is 2. The summed E-state index contributed by atoms with van der Waals surface area (Å²) in [6, 6.07) is 13.0. The van der Waals surface area contributed by atoms with E-state index in [9.17, 15) is 4.39 Å². The van der Waals surface area contributed by atoms with Crippen molar-refractivity contribution in [3.05, 3.63) is 70.0 Å². The lowest BCUT2D eigenvalue weighted by molar-refractivity contribution is 0.541. The molecule has 20 heavy (non-hydrogen) atoms. The van der Waals surface area contributed by atoms with E-state index < -0.39 is 0 Å². The van der Waals surface area contributed by atoms with Gasteiger partial charge in [-0.1, -0.05) is 35.9 Å². The average Bonchev–Trinajstić information content (AvgIpc) is 2.42. The summed E-state index contributed by atoms with van der Waals surface area (Å²) in [7, 11) is 0. The fraction of sp³-hybridized carbons (Fsp3) is 0.294. The van der Waals surface area contributed by atoms with E-state index in [1.807, 2.05) is 37.3 Å². The van der Waals surface area contributed by atoms with Gasteiger partial charge in [-0.2, -0.15) is 0 Å². The summed E-state index contributed by atoms with van der Waals surface area (Å²) in [6.45, 7) is 4.77. The fourth-order valence-corrected chi connectivity index (χ4v) is 2.39. The van der Waals surface area contributed by atoms with Gasteiger partial charge < -0.3 is 5.32 Å². The highest BCUT2D eigenvalue weighted by atomic mass is 35.5. The maximum Gasteiger partial charge on any atom is 0.123 e. The second-order valence-corrected chi connectivity index (χ2v) is 5.56. The minimum Gasteiger partial charge on any atom is -0.310 e. The Balaban J connectivity index is 1.94. The Morgan fingerprint density at radius 2 is 1.90 bits per heavy atom. The molecule has 3 heteroatoms. The van der Waals surface area contributed by atoms with Crippen LogP contribution in [0.5, 0.6) is 0 Å². The van der Waals surface area contributed by atoms with Crippen LogP contribution in [0.1, 0.15) is 23.6 Å². The first-order valence-corrected chi connectivity index (χ1v) is 7.16. The molecule has 1 atom stereocenters. The summed E-state index contributed by atoms with van der Waals surface area (Å²) in [5.74, 6) is -0.189. The molecule has 0 radical (unpaired) electrons. The van der Waals surface area contributed by atoms with E-state index >= 15 is 0 Å². The van der Waals surface area contributed by atoms with Crippen molar-refractivity contribution < 1.29 is 4.39 Å². The third-order valence-corrected chi connectivity index (χ3v) is 3.80. The Morgan fingerprint density at radius 3 is 2.65 bits per heavy atom. The van der Waals surface area contributed by atoms with Crippen molar-refractivity contribution in [2.45, 2.75) is 32.9 Å². The van der Waals surface area contributed by atoms with Gasteiger partial charge in [0, 0.05) is 17.6 Å². The first-order valence-electron chi connectivity index (χ1n) is 6.78. The molecular weight excluding hydrogens is 273 g/mol. The molecule has 0 aliphatic heterocycles. The molecule has 2 aromatic rings. The topological polar surface area (TPSA) is 12.0 Å². The lowest BCUT2D eigenvalue weighted by Crippen LogP contribution is -2.28. The van der Waals surface area contributed by atoms with E-state index in [-0.39, 0.29) is 11.9 Å². The minimum atomic E-state index is -0.189. The van der Waals surface area contributed by atoms with Crippen LogP contribution in [0.3, 0.4) is 0 Å². The number of hydrogen-bond donors (Lipinski definition) is 1. The van der Waals surface area contributed by atoms with E-state index in [0.717, 1.165) is 28.1 Å². The van der Waals surface area contributed by atoms with Crippen LogP contribution < -0.4 is 5.32 Å². The number of hydrogen-bond acceptors (Lipinski definition) is 1. The minimum absolute atomic E-state index is 0.189. The van der Waals surface area contributed by atoms with Gasteiger partial charge in [0.15, 0.2) is 0 Å². The zero-order valence-electron chi connectivity index (χ0n) is 11.8. The second kappa shape index (κ2) is 6.87. The summed E-state index contributed by atoms with van der Waals surface area (Å²) in [5.41, 5.74) is 3.23. The van der Waals surface area contributed by atoms with Gasteiger partial charge in [-0.25, -0.2) is 4.39 Å².